The zero-order valence-electron chi connectivity index (χ0n) is 20.5. The minimum absolute atomic E-state index is 0.159. The molecule has 7 heteroatoms. The fraction of sp³-hybridized carbons (Fsp3) is 0.462. The number of benzene rings is 2. The summed E-state index contributed by atoms with van der Waals surface area (Å²) in [5.41, 5.74) is 5.46. The van der Waals surface area contributed by atoms with Gasteiger partial charge in [0.25, 0.3) is 8.32 Å². The summed E-state index contributed by atoms with van der Waals surface area (Å²) in [4.78, 5) is 14.9. The number of likely N-dealkylation sites (tertiary alicyclic amines) is 1. The lowest BCUT2D eigenvalue weighted by molar-refractivity contribution is 0.0248. The highest BCUT2D eigenvalue weighted by molar-refractivity contribution is 7.80. The van der Waals surface area contributed by atoms with Crippen LogP contribution < -0.4 is 16.1 Å². The Morgan fingerprint density at radius 2 is 1.45 bits per heavy atom. The van der Waals surface area contributed by atoms with Crippen molar-refractivity contribution in [2.45, 2.75) is 70.7 Å². The highest BCUT2D eigenvalue weighted by Crippen LogP contribution is 2.39. The van der Waals surface area contributed by atoms with E-state index in [0.29, 0.717) is 13.0 Å². The van der Waals surface area contributed by atoms with Gasteiger partial charge in [0.1, 0.15) is 5.60 Å². The largest absolute Gasteiger partial charge is 0.444 e. The van der Waals surface area contributed by atoms with Crippen molar-refractivity contribution >= 4 is 42.0 Å². The van der Waals surface area contributed by atoms with Crippen molar-refractivity contribution in [1.29, 1.82) is 0 Å². The summed E-state index contributed by atoms with van der Waals surface area (Å²) < 4.78 is 12.8. The van der Waals surface area contributed by atoms with Crippen LogP contribution in [0.3, 0.4) is 0 Å². The van der Waals surface area contributed by atoms with Crippen LogP contribution in [0.5, 0.6) is 0 Å². The zero-order valence-corrected chi connectivity index (χ0v) is 22.3. The van der Waals surface area contributed by atoms with Crippen LogP contribution >= 0.6 is 12.2 Å². The molecule has 0 unspecified atom stereocenters. The highest BCUT2D eigenvalue weighted by Gasteiger charge is 2.53. The van der Waals surface area contributed by atoms with E-state index in [0.717, 1.165) is 0 Å². The van der Waals surface area contributed by atoms with E-state index in [-0.39, 0.29) is 16.1 Å². The molecule has 1 amide bonds. The first-order chi connectivity index (χ1) is 15.3. The number of nitrogens with two attached hydrogens (primary N) is 1. The third kappa shape index (κ3) is 5.48. The molecule has 1 aliphatic heterocycles. The third-order valence-corrected chi connectivity index (χ3v) is 11.3. The lowest BCUT2D eigenvalue weighted by Crippen LogP contribution is -2.67. The molecule has 33 heavy (non-hydrogen) atoms. The molecule has 0 saturated carbocycles. The molecule has 1 saturated heterocycles. The molecule has 3 rings (SSSR count). The Balaban J connectivity index is 2.03. The molecule has 1 aliphatic rings. The number of carbonyl (C=O) groups excluding carboxylic acids is 1. The zero-order chi connectivity index (χ0) is 24.4. The molecule has 0 aliphatic carbocycles. The molecule has 0 aromatic heterocycles. The summed E-state index contributed by atoms with van der Waals surface area (Å²) in [5, 5.41) is 2.24. The van der Waals surface area contributed by atoms with E-state index < -0.39 is 26.1 Å². The van der Waals surface area contributed by atoms with E-state index in [9.17, 15) is 4.79 Å². The quantitative estimate of drug-likeness (QED) is 0.508. The second-order valence-corrected chi connectivity index (χ2v) is 15.4. The summed E-state index contributed by atoms with van der Waals surface area (Å²) in [6, 6.07) is 20.6. The maximum absolute atomic E-state index is 13.0. The molecule has 2 aromatic rings. The van der Waals surface area contributed by atoms with Crippen LogP contribution in [0.1, 0.15) is 48.0 Å². The van der Waals surface area contributed by atoms with Crippen LogP contribution in [0.25, 0.3) is 0 Å². The predicted octanol–water partition coefficient (Wildman–Crippen LogP) is 4.23. The Morgan fingerprint density at radius 3 is 1.85 bits per heavy atom. The maximum Gasteiger partial charge on any atom is 0.410 e. The van der Waals surface area contributed by atoms with Gasteiger partial charge in [-0.3, -0.25) is 4.90 Å². The average Bonchev–Trinajstić information content (AvgIpc) is 3.16. The van der Waals surface area contributed by atoms with E-state index in [1.807, 2.05) is 32.9 Å². The van der Waals surface area contributed by atoms with Gasteiger partial charge in [-0.2, -0.15) is 0 Å². The van der Waals surface area contributed by atoms with Gasteiger partial charge in [-0.05, 0) is 36.2 Å². The van der Waals surface area contributed by atoms with E-state index in [1.165, 1.54) is 10.4 Å². The first kappa shape index (κ1) is 25.4. The van der Waals surface area contributed by atoms with E-state index >= 15 is 0 Å². The topological polar surface area (TPSA) is 64.8 Å². The lowest BCUT2D eigenvalue weighted by Gasteiger charge is -2.44. The van der Waals surface area contributed by atoms with Gasteiger partial charge in [0.15, 0.2) is 0 Å². The third-order valence-electron chi connectivity index (χ3n) is 5.98. The minimum atomic E-state index is -2.75. The summed E-state index contributed by atoms with van der Waals surface area (Å²) in [6.45, 7) is 12.7. The SMILES string of the molecule is CC(C)(C)OC(=O)N1C[C@H](O[Si](c2ccccc2)(c2ccccc2)C(C)(C)C)C[C@H]1C(N)=S. The Kier molecular flexibility index (Phi) is 7.36. The molecule has 2 N–H and O–H groups in total. The van der Waals surface area contributed by atoms with E-state index in [4.69, 9.17) is 27.1 Å². The van der Waals surface area contributed by atoms with Crippen molar-refractivity contribution < 1.29 is 14.0 Å². The molecule has 1 fully saturated rings. The first-order valence-electron chi connectivity index (χ1n) is 11.4. The highest BCUT2D eigenvalue weighted by atomic mass is 32.1. The predicted molar refractivity (Wildman–Crippen MR) is 141 cm³/mol. The molecular formula is C26H36N2O3SSi. The van der Waals surface area contributed by atoms with Gasteiger partial charge in [-0.25, -0.2) is 4.79 Å². The van der Waals surface area contributed by atoms with Crippen LogP contribution in [0, 0.1) is 0 Å². The summed E-state index contributed by atoms with van der Waals surface area (Å²) in [5.74, 6) is 0. The number of amides is 1. The van der Waals surface area contributed by atoms with Gasteiger partial charge in [0, 0.05) is 13.0 Å². The van der Waals surface area contributed by atoms with Crippen molar-refractivity contribution in [1.82, 2.24) is 4.90 Å². The summed E-state index contributed by atoms with van der Waals surface area (Å²) >= 11 is 5.33. The van der Waals surface area contributed by atoms with E-state index in [1.54, 1.807) is 4.90 Å². The van der Waals surface area contributed by atoms with Crippen LogP contribution in [0.15, 0.2) is 60.7 Å². The van der Waals surface area contributed by atoms with Crippen molar-refractivity contribution in [3.8, 4) is 0 Å². The van der Waals surface area contributed by atoms with Crippen molar-refractivity contribution in [3.63, 3.8) is 0 Å². The summed E-state index contributed by atoms with van der Waals surface area (Å²) in [6.07, 6.45) is -0.0665. The smallest absolute Gasteiger partial charge is 0.410 e. The number of nitrogens with zero attached hydrogens (tertiary/aromatic N) is 1. The normalized spacial score (nSPS) is 19.4. The Bertz CT molecular complexity index is 931. The number of hydrogen-bond acceptors (Lipinski definition) is 4. The molecular weight excluding hydrogens is 448 g/mol. The standard InChI is InChI=1S/C26H36N2O3SSi/c1-25(2,3)30-24(29)28-18-19(17-22(28)23(27)32)31-33(26(4,5)6,20-13-9-7-10-14-20)21-15-11-8-12-16-21/h7-16,19,22H,17-18H2,1-6H3,(H2,27,32)/t19-,22+/m1/s1. The van der Waals surface area contributed by atoms with Crippen molar-refractivity contribution in [3.05, 3.63) is 60.7 Å². The van der Waals surface area contributed by atoms with Crippen LogP contribution in [-0.2, 0) is 9.16 Å². The minimum Gasteiger partial charge on any atom is -0.444 e. The Hall–Kier alpha value is -2.22. The monoisotopic (exact) mass is 484 g/mol. The molecule has 178 valence electrons. The molecule has 1 heterocycles. The van der Waals surface area contributed by atoms with Gasteiger partial charge >= 0.3 is 6.09 Å². The Labute approximate surface area is 204 Å². The molecule has 2 aromatic carbocycles. The fourth-order valence-electron chi connectivity index (χ4n) is 4.62. The van der Waals surface area contributed by atoms with Crippen LogP contribution in [-0.4, -0.2) is 48.6 Å². The number of thiocarbonyl (C=S) groups is 1. The van der Waals surface area contributed by atoms with Gasteiger partial charge < -0.3 is 14.9 Å². The number of ether oxygens (including phenoxy) is 1. The maximum atomic E-state index is 13.0. The number of hydrogen-bond donors (Lipinski definition) is 1. The Morgan fingerprint density at radius 1 is 0.970 bits per heavy atom. The van der Waals surface area contributed by atoms with Gasteiger partial charge in [0.2, 0.25) is 0 Å². The molecule has 0 radical (unpaired) electrons. The van der Waals surface area contributed by atoms with Gasteiger partial charge in [-0.1, -0.05) is 93.7 Å². The van der Waals surface area contributed by atoms with Crippen molar-refractivity contribution in [2.75, 3.05) is 6.54 Å². The second kappa shape index (κ2) is 9.56. The van der Waals surface area contributed by atoms with Gasteiger partial charge in [0.05, 0.1) is 17.1 Å². The average molecular weight is 485 g/mol. The van der Waals surface area contributed by atoms with Crippen LogP contribution in [0.4, 0.5) is 4.79 Å². The van der Waals surface area contributed by atoms with Crippen molar-refractivity contribution in [2.24, 2.45) is 5.73 Å². The van der Waals surface area contributed by atoms with Crippen LogP contribution in [0.2, 0.25) is 5.04 Å². The number of rotatable bonds is 5. The molecule has 2 atom stereocenters. The first-order valence-corrected chi connectivity index (χ1v) is 13.7. The van der Waals surface area contributed by atoms with Gasteiger partial charge in [-0.15, -0.1) is 0 Å². The van der Waals surface area contributed by atoms with E-state index in [2.05, 4.69) is 69.3 Å². The summed E-state index contributed by atoms with van der Waals surface area (Å²) in [7, 11) is -2.75. The fourth-order valence-corrected chi connectivity index (χ4v) is 9.53. The molecule has 0 spiro atoms. The lowest BCUT2D eigenvalue weighted by atomic mass is 10.2. The molecule has 0 bridgehead atoms. The number of carbonyl (C=O) groups is 1. The molecule has 5 nitrogen and oxygen atoms in total. The second-order valence-electron chi connectivity index (χ2n) is 10.7.